The van der Waals surface area contributed by atoms with Crippen molar-refractivity contribution < 1.29 is 9.59 Å². The van der Waals surface area contributed by atoms with Crippen LogP contribution in [-0.2, 0) is 10.3 Å². The molecule has 1 atom stereocenters. The fourth-order valence-corrected chi connectivity index (χ4v) is 2.09. The van der Waals surface area contributed by atoms with E-state index in [-0.39, 0.29) is 11.9 Å². The Balaban J connectivity index is 2.35. The molecule has 2 rings (SSSR count). The Morgan fingerprint density at radius 1 is 1.24 bits per heavy atom. The molecule has 3 amide bonds. The van der Waals surface area contributed by atoms with Gasteiger partial charge in [-0.05, 0) is 18.9 Å². The van der Waals surface area contributed by atoms with Crippen LogP contribution in [-0.4, -0.2) is 23.4 Å². The lowest BCUT2D eigenvalue weighted by molar-refractivity contribution is -0.131. The predicted molar refractivity (Wildman–Crippen MR) is 64.3 cm³/mol. The molecule has 1 aliphatic rings. The van der Waals surface area contributed by atoms with Crippen LogP contribution < -0.4 is 5.32 Å². The van der Waals surface area contributed by atoms with Gasteiger partial charge in [-0.3, -0.25) is 9.69 Å². The Bertz CT molecular complexity index is 444. The number of amides is 3. The lowest BCUT2D eigenvalue weighted by atomic mass is 9.92. The Morgan fingerprint density at radius 2 is 1.88 bits per heavy atom. The van der Waals surface area contributed by atoms with Crippen LogP contribution in [0.25, 0.3) is 0 Å². The van der Waals surface area contributed by atoms with Gasteiger partial charge in [0.25, 0.3) is 5.91 Å². The smallest absolute Gasteiger partial charge is 0.319 e. The van der Waals surface area contributed by atoms with Crippen molar-refractivity contribution in [2.24, 2.45) is 0 Å². The highest BCUT2D eigenvalue weighted by Gasteiger charge is 2.48. The van der Waals surface area contributed by atoms with Crippen LogP contribution in [0.1, 0.15) is 25.8 Å². The van der Waals surface area contributed by atoms with E-state index in [1.807, 2.05) is 37.3 Å². The minimum Gasteiger partial charge on any atom is -0.319 e. The minimum absolute atomic E-state index is 0.171. The van der Waals surface area contributed by atoms with Gasteiger partial charge in [0.1, 0.15) is 5.54 Å². The van der Waals surface area contributed by atoms with Crippen molar-refractivity contribution in [2.75, 3.05) is 6.54 Å². The summed E-state index contributed by atoms with van der Waals surface area (Å²) in [6.07, 6.45) is 0.768. The summed E-state index contributed by atoms with van der Waals surface area (Å²) in [6, 6.07) is 9.02. The molecule has 1 fully saturated rings. The Kier molecular flexibility index (Phi) is 2.88. The Morgan fingerprint density at radius 3 is 2.47 bits per heavy atom. The van der Waals surface area contributed by atoms with Gasteiger partial charge in [-0.1, -0.05) is 37.3 Å². The van der Waals surface area contributed by atoms with Gasteiger partial charge < -0.3 is 5.32 Å². The maximum atomic E-state index is 12.3. The van der Waals surface area contributed by atoms with Crippen molar-refractivity contribution in [3.05, 3.63) is 35.9 Å². The van der Waals surface area contributed by atoms with Gasteiger partial charge in [-0.25, -0.2) is 4.79 Å². The van der Waals surface area contributed by atoms with Crippen LogP contribution in [0.2, 0.25) is 0 Å². The van der Waals surface area contributed by atoms with E-state index >= 15 is 0 Å². The Hall–Kier alpha value is -1.84. The van der Waals surface area contributed by atoms with Crippen LogP contribution in [0.3, 0.4) is 0 Å². The second kappa shape index (κ2) is 4.20. The van der Waals surface area contributed by atoms with Crippen molar-refractivity contribution in [2.45, 2.75) is 25.8 Å². The van der Waals surface area contributed by atoms with Crippen LogP contribution in [0.4, 0.5) is 4.79 Å². The number of imide groups is 1. The summed E-state index contributed by atoms with van der Waals surface area (Å²) in [5, 5.41) is 2.77. The normalized spacial score (nSPS) is 24.0. The summed E-state index contributed by atoms with van der Waals surface area (Å²) >= 11 is 0. The minimum atomic E-state index is -0.923. The monoisotopic (exact) mass is 232 g/mol. The highest BCUT2D eigenvalue weighted by molar-refractivity contribution is 6.07. The summed E-state index contributed by atoms with van der Waals surface area (Å²) in [5.41, 5.74) is -0.106. The Labute approximate surface area is 101 Å². The van der Waals surface area contributed by atoms with Gasteiger partial charge in [0.2, 0.25) is 0 Å². The summed E-state index contributed by atoms with van der Waals surface area (Å²) < 4.78 is 0. The van der Waals surface area contributed by atoms with Crippen molar-refractivity contribution in [3.8, 4) is 0 Å². The van der Waals surface area contributed by atoms with Crippen LogP contribution >= 0.6 is 0 Å². The van der Waals surface area contributed by atoms with Gasteiger partial charge >= 0.3 is 6.03 Å². The maximum absolute atomic E-state index is 12.3. The quantitative estimate of drug-likeness (QED) is 0.809. The van der Waals surface area contributed by atoms with E-state index in [0.717, 1.165) is 12.0 Å². The first-order valence-corrected chi connectivity index (χ1v) is 5.79. The molecule has 1 aromatic carbocycles. The highest BCUT2D eigenvalue weighted by Crippen LogP contribution is 2.28. The summed E-state index contributed by atoms with van der Waals surface area (Å²) in [4.78, 5) is 25.3. The summed E-state index contributed by atoms with van der Waals surface area (Å²) in [7, 11) is 0. The lowest BCUT2D eigenvalue weighted by Gasteiger charge is -2.21. The highest BCUT2D eigenvalue weighted by atomic mass is 16.2. The number of hydrogen-bond donors (Lipinski definition) is 1. The first-order valence-electron chi connectivity index (χ1n) is 5.79. The van der Waals surface area contributed by atoms with Crippen molar-refractivity contribution in [1.82, 2.24) is 10.2 Å². The lowest BCUT2D eigenvalue weighted by Crippen LogP contribution is -2.40. The predicted octanol–water partition coefficient (Wildman–Crippen LogP) is 1.86. The van der Waals surface area contributed by atoms with E-state index in [1.165, 1.54) is 4.90 Å². The van der Waals surface area contributed by atoms with E-state index in [0.29, 0.717) is 6.54 Å². The van der Waals surface area contributed by atoms with Gasteiger partial charge in [0.15, 0.2) is 0 Å². The average Bonchev–Trinajstić information content (AvgIpc) is 2.56. The third-order valence-electron chi connectivity index (χ3n) is 3.07. The molecule has 4 nitrogen and oxygen atoms in total. The van der Waals surface area contributed by atoms with Crippen LogP contribution in [0.15, 0.2) is 30.3 Å². The number of hydrogen-bond acceptors (Lipinski definition) is 2. The molecule has 90 valence electrons. The zero-order valence-corrected chi connectivity index (χ0v) is 10.1. The third-order valence-corrected chi connectivity index (χ3v) is 3.07. The number of carbonyl (C=O) groups excluding carboxylic acids is 2. The SMILES string of the molecule is CCCN1C(=O)N[C@@](C)(c2ccccc2)C1=O. The molecule has 1 aromatic rings. The molecule has 1 saturated heterocycles. The number of rotatable bonds is 3. The third kappa shape index (κ3) is 1.79. The zero-order valence-electron chi connectivity index (χ0n) is 10.1. The molecule has 1 N–H and O–H groups in total. The van der Waals surface area contributed by atoms with Crippen LogP contribution in [0, 0.1) is 0 Å². The molecule has 0 aromatic heterocycles. The molecule has 0 saturated carbocycles. The van der Waals surface area contributed by atoms with Gasteiger partial charge in [0.05, 0.1) is 0 Å². The van der Waals surface area contributed by atoms with E-state index in [4.69, 9.17) is 0 Å². The summed E-state index contributed by atoms with van der Waals surface area (Å²) in [6.45, 7) is 4.16. The van der Waals surface area contributed by atoms with Crippen molar-refractivity contribution >= 4 is 11.9 Å². The van der Waals surface area contributed by atoms with Gasteiger partial charge in [-0.15, -0.1) is 0 Å². The molecule has 0 unspecified atom stereocenters. The molecule has 1 aliphatic heterocycles. The molecular formula is C13H16N2O2. The van der Waals surface area contributed by atoms with E-state index < -0.39 is 5.54 Å². The molecule has 17 heavy (non-hydrogen) atoms. The molecule has 4 heteroatoms. The number of nitrogens with one attached hydrogen (secondary N) is 1. The number of nitrogens with zero attached hydrogens (tertiary/aromatic N) is 1. The maximum Gasteiger partial charge on any atom is 0.325 e. The number of benzene rings is 1. The molecule has 0 aliphatic carbocycles. The molecule has 0 radical (unpaired) electrons. The van der Waals surface area contributed by atoms with Crippen molar-refractivity contribution in [3.63, 3.8) is 0 Å². The molecular weight excluding hydrogens is 216 g/mol. The standard InChI is InChI=1S/C13H16N2O2/c1-3-9-15-11(16)13(2,14-12(15)17)10-7-5-4-6-8-10/h4-8H,3,9H2,1-2H3,(H,14,17)/t13-/m0/s1. The zero-order chi connectivity index (χ0) is 12.5. The van der Waals surface area contributed by atoms with Crippen molar-refractivity contribution in [1.29, 1.82) is 0 Å². The van der Waals surface area contributed by atoms with Gasteiger partial charge in [-0.2, -0.15) is 0 Å². The average molecular weight is 232 g/mol. The fourth-order valence-electron chi connectivity index (χ4n) is 2.09. The largest absolute Gasteiger partial charge is 0.325 e. The second-order valence-corrected chi connectivity index (χ2v) is 4.38. The first-order chi connectivity index (χ1) is 8.09. The van der Waals surface area contributed by atoms with Crippen LogP contribution in [0.5, 0.6) is 0 Å². The van der Waals surface area contributed by atoms with E-state index in [2.05, 4.69) is 5.32 Å². The van der Waals surface area contributed by atoms with E-state index in [1.54, 1.807) is 6.92 Å². The molecule has 1 heterocycles. The topological polar surface area (TPSA) is 49.4 Å². The molecule has 0 bridgehead atoms. The number of urea groups is 1. The first kappa shape index (κ1) is 11.6. The fraction of sp³-hybridized carbons (Fsp3) is 0.385. The summed E-state index contributed by atoms with van der Waals surface area (Å²) in [5.74, 6) is -0.171. The second-order valence-electron chi connectivity index (χ2n) is 4.38. The van der Waals surface area contributed by atoms with E-state index in [9.17, 15) is 9.59 Å². The molecule has 0 spiro atoms. The number of carbonyl (C=O) groups is 2. The van der Waals surface area contributed by atoms with Gasteiger partial charge in [0, 0.05) is 6.54 Å².